The maximum atomic E-state index is 13.9. The molecule has 4 fully saturated rings. The molecule has 4 saturated heterocycles. The van der Waals surface area contributed by atoms with E-state index in [1.807, 2.05) is 66.8 Å². The summed E-state index contributed by atoms with van der Waals surface area (Å²) in [5.74, 6) is 4.06. The Kier molecular flexibility index (Phi) is 21.7. The fraction of sp³-hybridized carbons (Fsp3) is 0.500. The molecule has 20 heteroatoms. The number of guanidine groups is 2. The van der Waals surface area contributed by atoms with Crippen molar-refractivity contribution in [3.63, 3.8) is 0 Å². The molecule has 4 aliphatic heterocycles. The molecule has 4 aliphatic rings. The second-order valence-electron chi connectivity index (χ2n) is 19.9. The fourth-order valence-corrected chi connectivity index (χ4v) is 13.1. The van der Waals surface area contributed by atoms with E-state index >= 15 is 0 Å². The maximum absolute atomic E-state index is 13.9. The number of hydrogen-bond acceptors (Lipinski definition) is 10. The highest BCUT2D eigenvalue weighted by Gasteiger charge is 2.42. The van der Waals surface area contributed by atoms with Crippen LogP contribution >= 0.6 is 23.5 Å². The smallest absolute Gasteiger partial charge is 0.251 e. The molecule has 0 spiro atoms. The van der Waals surface area contributed by atoms with E-state index in [1.165, 1.54) is 12.1 Å². The quantitative estimate of drug-likeness (QED) is 0.0289. The molecule has 3 aromatic carbocycles. The molecule has 0 bridgehead atoms. The number of carbonyl (C=O) groups is 6. The van der Waals surface area contributed by atoms with Crippen molar-refractivity contribution in [3.8, 4) is 12.3 Å². The second-order valence-corrected chi connectivity index (χ2v) is 22.5. The second kappa shape index (κ2) is 29.0. The minimum atomic E-state index is -0.508. The van der Waals surface area contributed by atoms with Gasteiger partial charge < -0.3 is 52.8 Å². The summed E-state index contributed by atoms with van der Waals surface area (Å²) in [6.07, 6.45) is 14.7. The molecule has 7 rings (SSSR count). The number of amides is 6. The Morgan fingerprint density at radius 1 is 0.618 bits per heavy atom. The molecule has 76 heavy (non-hydrogen) atoms. The van der Waals surface area contributed by atoms with Gasteiger partial charge in [-0.2, -0.15) is 23.5 Å². The van der Waals surface area contributed by atoms with Gasteiger partial charge in [-0.1, -0.05) is 55.2 Å². The molecule has 3 aromatic rings. The molecule has 18 nitrogen and oxygen atoms in total. The average molecular weight is 1080 g/mol. The molecule has 6 atom stereocenters. The van der Waals surface area contributed by atoms with Crippen LogP contribution in [0.25, 0.3) is 0 Å². The summed E-state index contributed by atoms with van der Waals surface area (Å²) in [7, 11) is 0. The van der Waals surface area contributed by atoms with E-state index in [1.54, 1.807) is 23.1 Å². The molecular weight excluding hydrogens is 1000 g/mol. The summed E-state index contributed by atoms with van der Waals surface area (Å²) in [4.78, 5) is 80.9. The van der Waals surface area contributed by atoms with Gasteiger partial charge in [0.15, 0.2) is 11.9 Å². The summed E-state index contributed by atoms with van der Waals surface area (Å²) in [5.41, 5.74) is 3.90. The molecule has 6 unspecified atom stereocenters. The number of aryl methyl sites for hydroxylation is 1. The first-order chi connectivity index (χ1) is 36.8. The molecule has 0 radical (unpaired) electrons. The zero-order valence-electron chi connectivity index (χ0n) is 43.5. The summed E-state index contributed by atoms with van der Waals surface area (Å²) >= 11 is 3.83. The van der Waals surface area contributed by atoms with Crippen LogP contribution in [0.4, 0.5) is 17.1 Å². The largest absolute Gasteiger partial charge is 0.356 e. The zero-order chi connectivity index (χ0) is 53.8. The molecule has 11 N–H and O–H groups in total. The van der Waals surface area contributed by atoms with E-state index < -0.39 is 5.91 Å². The Labute approximate surface area is 455 Å². The first kappa shape index (κ1) is 57.0. The number of unbranched alkanes of at least 4 members (excludes halogenated alkanes) is 4. The number of benzene rings is 3. The lowest BCUT2D eigenvalue weighted by atomic mass is 10.0. The van der Waals surface area contributed by atoms with Crippen LogP contribution in [0.5, 0.6) is 0 Å². The number of rotatable bonds is 29. The standard InChI is InChI=1S/C56H74N12O6S2/c1-3-37-17-6-7-19-44(37)68(33-38-18-5-4-16-36(38)2)51(73)26-29-61-54(74)39-30-40(62-49(71)24-12-14-27-59-47(69)22-10-8-20-45-52-42(34-75-45)64-55(57)66-52)32-41(31-39)63-50(72)25-13-15-28-60-48(70)23-11-9-21-46-53-43(35-76-46)65-56(58)67-53/h1,4-7,16-19,30-32,42-43,45-46,52-53H,8-15,20-29,33-35H2,2H3,(H,59,69)(H,60,70)(H,61,74)(H,62,71)(H,63,72)(H3,57,64,66)(H3,58,65,67). The van der Waals surface area contributed by atoms with Crippen molar-refractivity contribution in [1.82, 2.24) is 37.2 Å². The first-order valence-corrected chi connectivity index (χ1v) is 28.9. The summed E-state index contributed by atoms with van der Waals surface area (Å²) in [5, 5.41) is 43.8. The normalized spacial score (nSPS) is 19.9. The molecule has 0 aromatic heterocycles. The number of hydrogen-bond donors (Lipinski definition) is 11. The summed E-state index contributed by atoms with van der Waals surface area (Å²) < 4.78 is 0. The highest BCUT2D eigenvalue weighted by Crippen LogP contribution is 2.34. The van der Waals surface area contributed by atoms with Crippen molar-refractivity contribution in [2.45, 2.75) is 144 Å². The number of fused-ring (bicyclic) bond motifs is 2. The van der Waals surface area contributed by atoms with Crippen molar-refractivity contribution in [1.29, 1.82) is 10.8 Å². The number of anilines is 3. The minimum Gasteiger partial charge on any atom is -0.356 e. The minimum absolute atomic E-state index is 0.00238. The van der Waals surface area contributed by atoms with Crippen molar-refractivity contribution in [2.75, 3.05) is 46.7 Å². The van der Waals surface area contributed by atoms with Crippen LogP contribution in [0.1, 0.15) is 123 Å². The van der Waals surface area contributed by atoms with Crippen LogP contribution in [0.15, 0.2) is 66.7 Å². The van der Waals surface area contributed by atoms with Gasteiger partial charge in [0.25, 0.3) is 5.91 Å². The number of nitrogens with zero attached hydrogens (tertiary/aromatic N) is 1. The first-order valence-electron chi connectivity index (χ1n) is 26.8. The number of para-hydroxylation sites is 1. The van der Waals surface area contributed by atoms with Crippen LogP contribution < -0.4 is 52.8 Å². The number of terminal acetylenes is 1. The van der Waals surface area contributed by atoms with Gasteiger partial charge in [0.2, 0.25) is 29.5 Å². The predicted octanol–water partition coefficient (Wildman–Crippen LogP) is 5.86. The molecular formula is C56H74N12O6S2. The average Bonchev–Trinajstić information content (AvgIpc) is 4.17. The predicted molar refractivity (Wildman–Crippen MR) is 304 cm³/mol. The molecule has 6 amide bonds. The molecule has 0 aliphatic carbocycles. The molecule has 4 heterocycles. The topological polar surface area (TPSA) is 262 Å². The van der Waals surface area contributed by atoms with Crippen LogP contribution in [0, 0.1) is 30.1 Å². The Hall–Kier alpha value is -6.72. The van der Waals surface area contributed by atoms with Crippen LogP contribution in [-0.4, -0.2) is 113 Å². The van der Waals surface area contributed by atoms with Gasteiger partial charge in [0.05, 0.1) is 36.4 Å². The van der Waals surface area contributed by atoms with E-state index in [0.29, 0.717) is 109 Å². The van der Waals surface area contributed by atoms with Crippen LogP contribution in [0.3, 0.4) is 0 Å². The van der Waals surface area contributed by atoms with Crippen LogP contribution in [0.2, 0.25) is 0 Å². The third-order valence-electron chi connectivity index (χ3n) is 14.1. The van der Waals surface area contributed by atoms with Crippen molar-refractivity contribution < 1.29 is 28.8 Å². The van der Waals surface area contributed by atoms with Gasteiger partial charge >= 0.3 is 0 Å². The van der Waals surface area contributed by atoms with E-state index in [0.717, 1.165) is 61.2 Å². The van der Waals surface area contributed by atoms with Crippen molar-refractivity contribution in [3.05, 3.63) is 89.0 Å². The van der Waals surface area contributed by atoms with Crippen LogP contribution in [-0.2, 0) is 30.5 Å². The Bertz CT molecular complexity index is 2510. The lowest BCUT2D eigenvalue weighted by molar-refractivity contribution is -0.122. The summed E-state index contributed by atoms with van der Waals surface area (Å²) in [6, 6.07) is 20.8. The van der Waals surface area contributed by atoms with Gasteiger partial charge in [-0.25, -0.2) is 0 Å². The van der Waals surface area contributed by atoms with Gasteiger partial charge in [-0.15, -0.1) is 6.42 Å². The van der Waals surface area contributed by atoms with Gasteiger partial charge in [0, 0.05) is 96.2 Å². The van der Waals surface area contributed by atoms with E-state index in [-0.39, 0.29) is 79.5 Å². The van der Waals surface area contributed by atoms with Gasteiger partial charge in [-0.05, 0) is 99.7 Å². The monoisotopic (exact) mass is 1070 g/mol. The SMILES string of the molecule is C#Cc1ccccc1N(Cc1ccccc1C)C(=O)CCNC(=O)c1cc(NC(=O)CCCCNC(=O)CCCCC2SCC3NC(=N)NC32)cc(NC(=O)CCCCNC(=O)CCCCC2SCC3NC(=N)NC32)c1. The Balaban J connectivity index is 0.864. The zero-order valence-corrected chi connectivity index (χ0v) is 45.1. The Morgan fingerprint density at radius 2 is 1.13 bits per heavy atom. The van der Waals surface area contributed by atoms with Crippen molar-refractivity contribution in [2.24, 2.45) is 0 Å². The Morgan fingerprint density at radius 3 is 1.68 bits per heavy atom. The highest BCUT2D eigenvalue weighted by atomic mass is 32.2. The lowest BCUT2D eigenvalue weighted by Crippen LogP contribution is -2.36. The molecule has 406 valence electrons. The molecule has 0 saturated carbocycles. The number of thioether (sulfide) groups is 2. The third kappa shape index (κ3) is 17.1. The van der Waals surface area contributed by atoms with E-state index in [2.05, 4.69) is 53.8 Å². The lowest BCUT2D eigenvalue weighted by Gasteiger charge is -2.25. The van der Waals surface area contributed by atoms with E-state index in [4.69, 9.17) is 17.2 Å². The van der Waals surface area contributed by atoms with Gasteiger partial charge in [0.1, 0.15) is 0 Å². The van der Waals surface area contributed by atoms with Crippen molar-refractivity contribution >= 4 is 87.9 Å². The highest BCUT2D eigenvalue weighted by molar-refractivity contribution is 8.00. The third-order valence-corrected chi connectivity index (χ3v) is 17.2. The van der Waals surface area contributed by atoms with E-state index in [9.17, 15) is 28.8 Å². The number of carbonyl (C=O) groups excluding carboxylic acids is 6. The van der Waals surface area contributed by atoms with Gasteiger partial charge in [-0.3, -0.25) is 39.6 Å². The maximum Gasteiger partial charge on any atom is 0.251 e. The fourth-order valence-electron chi connectivity index (χ4n) is 10.0. The number of nitrogens with one attached hydrogen (secondary N) is 11. The summed E-state index contributed by atoms with van der Waals surface area (Å²) in [6.45, 7) is 3.14.